The smallest absolute Gasteiger partial charge is 0.303 e. The van der Waals surface area contributed by atoms with Crippen molar-refractivity contribution in [1.82, 2.24) is 0 Å². The van der Waals surface area contributed by atoms with Gasteiger partial charge >= 0.3 is 5.97 Å². The van der Waals surface area contributed by atoms with Gasteiger partial charge in [-0.1, -0.05) is 61.5 Å². The lowest BCUT2D eigenvalue weighted by Crippen LogP contribution is -2.02. The van der Waals surface area contributed by atoms with E-state index in [0.717, 1.165) is 22.6 Å². The zero-order valence-corrected chi connectivity index (χ0v) is 14.1. The highest BCUT2D eigenvalue weighted by Crippen LogP contribution is 2.27. The number of carbonyl (C=O) groups is 1. The van der Waals surface area contributed by atoms with Gasteiger partial charge < -0.3 is 9.84 Å². The van der Waals surface area contributed by atoms with Crippen LogP contribution >= 0.6 is 0 Å². The van der Waals surface area contributed by atoms with Gasteiger partial charge in [0.2, 0.25) is 0 Å². The maximum atomic E-state index is 10.8. The standard InChI is InChI=1S/C22H20O3/c1-16(15-22(23)24)17-7-11-20(12-8-17)25-21-13-9-19(10-14-21)18-5-3-2-4-6-18/h2-14,16H,15H2,1H3,(H,23,24). The largest absolute Gasteiger partial charge is 0.481 e. The molecule has 3 heteroatoms. The van der Waals surface area contributed by atoms with Crippen LogP contribution in [0.2, 0.25) is 0 Å². The summed E-state index contributed by atoms with van der Waals surface area (Å²) >= 11 is 0. The molecular weight excluding hydrogens is 312 g/mol. The average Bonchev–Trinajstić information content (AvgIpc) is 2.63. The predicted octanol–water partition coefficient (Wildman–Crippen LogP) is 5.72. The van der Waals surface area contributed by atoms with E-state index in [9.17, 15) is 4.79 Å². The van der Waals surface area contributed by atoms with Crippen LogP contribution in [0.1, 0.15) is 24.8 Å². The molecular formula is C22H20O3. The fourth-order valence-corrected chi connectivity index (χ4v) is 2.73. The van der Waals surface area contributed by atoms with Crippen molar-refractivity contribution in [2.24, 2.45) is 0 Å². The lowest BCUT2D eigenvalue weighted by Gasteiger charge is -2.11. The normalized spacial score (nSPS) is 11.7. The first-order valence-corrected chi connectivity index (χ1v) is 8.27. The second-order valence-electron chi connectivity index (χ2n) is 6.06. The monoisotopic (exact) mass is 332 g/mol. The molecule has 0 aromatic heterocycles. The minimum absolute atomic E-state index is 0.0169. The van der Waals surface area contributed by atoms with Crippen LogP contribution in [-0.4, -0.2) is 11.1 Å². The third-order valence-electron chi connectivity index (χ3n) is 4.13. The van der Waals surface area contributed by atoms with E-state index >= 15 is 0 Å². The number of carboxylic acids is 1. The van der Waals surface area contributed by atoms with Gasteiger partial charge in [-0.15, -0.1) is 0 Å². The van der Waals surface area contributed by atoms with Crippen LogP contribution in [0.5, 0.6) is 11.5 Å². The quantitative estimate of drug-likeness (QED) is 0.627. The van der Waals surface area contributed by atoms with Crippen molar-refractivity contribution < 1.29 is 14.6 Å². The number of hydrogen-bond donors (Lipinski definition) is 1. The van der Waals surface area contributed by atoms with Crippen molar-refractivity contribution in [3.63, 3.8) is 0 Å². The fourth-order valence-electron chi connectivity index (χ4n) is 2.73. The Balaban J connectivity index is 1.67. The van der Waals surface area contributed by atoms with Crippen molar-refractivity contribution in [1.29, 1.82) is 0 Å². The molecule has 25 heavy (non-hydrogen) atoms. The van der Waals surface area contributed by atoms with E-state index in [1.54, 1.807) is 0 Å². The molecule has 1 N–H and O–H groups in total. The SMILES string of the molecule is CC(CC(=O)O)c1ccc(Oc2ccc(-c3ccccc3)cc2)cc1. The molecule has 0 amide bonds. The number of hydrogen-bond acceptors (Lipinski definition) is 2. The summed E-state index contributed by atoms with van der Waals surface area (Å²) in [6, 6.07) is 25.7. The third kappa shape index (κ3) is 4.48. The summed E-state index contributed by atoms with van der Waals surface area (Å²) in [7, 11) is 0. The lowest BCUT2D eigenvalue weighted by atomic mass is 9.98. The Morgan fingerprint density at radius 3 is 1.92 bits per heavy atom. The molecule has 0 fully saturated rings. The van der Waals surface area contributed by atoms with Gasteiger partial charge in [-0.2, -0.15) is 0 Å². The first-order valence-electron chi connectivity index (χ1n) is 8.27. The van der Waals surface area contributed by atoms with Crippen LogP contribution < -0.4 is 4.74 Å². The van der Waals surface area contributed by atoms with Crippen molar-refractivity contribution in [3.05, 3.63) is 84.4 Å². The fraction of sp³-hybridized carbons (Fsp3) is 0.136. The third-order valence-corrected chi connectivity index (χ3v) is 4.13. The lowest BCUT2D eigenvalue weighted by molar-refractivity contribution is -0.137. The molecule has 3 aromatic carbocycles. The van der Waals surface area contributed by atoms with Crippen molar-refractivity contribution in [2.45, 2.75) is 19.3 Å². The van der Waals surface area contributed by atoms with Crippen LogP contribution in [0.25, 0.3) is 11.1 Å². The predicted molar refractivity (Wildman–Crippen MR) is 99.1 cm³/mol. The van der Waals surface area contributed by atoms with Crippen molar-refractivity contribution >= 4 is 5.97 Å². The van der Waals surface area contributed by atoms with Gasteiger partial charge in [0.15, 0.2) is 0 Å². The van der Waals surface area contributed by atoms with E-state index in [1.165, 1.54) is 5.56 Å². The van der Waals surface area contributed by atoms with Gasteiger partial charge in [-0.25, -0.2) is 0 Å². The topological polar surface area (TPSA) is 46.5 Å². The van der Waals surface area contributed by atoms with Crippen molar-refractivity contribution in [2.75, 3.05) is 0 Å². The second-order valence-corrected chi connectivity index (χ2v) is 6.06. The summed E-state index contributed by atoms with van der Waals surface area (Å²) in [6.45, 7) is 1.91. The molecule has 0 saturated carbocycles. The molecule has 126 valence electrons. The van der Waals surface area contributed by atoms with Crippen LogP contribution in [-0.2, 0) is 4.79 Å². The van der Waals surface area contributed by atoms with Gasteiger partial charge in [-0.3, -0.25) is 4.79 Å². The number of carboxylic acid groups (broad SMARTS) is 1. The van der Waals surface area contributed by atoms with Gasteiger partial charge in [0.1, 0.15) is 11.5 Å². The van der Waals surface area contributed by atoms with E-state index in [1.807, 2.05) is 73.7 Å². The summed E-state index contributed by atoms with van der Waals surface area (Å²) in [4.78, 5) is 10.8. The Morgan fingerprint density at radius 1 is 0.840 bits per heavy atom. The minimum Gasteiger partial charge on any atom is -0.481 e. The summed E-state index contributed by atoms with van der Waals surface area (Å²) in [6.07, 6.45) is 0.126. The molecule has 0 saturated heterocycles. The van der Waals surface area contributed by atoms with E-state index in [0.29, 0.717) is 0 Å². The van der Waals surface area contributed by atoms with Gasteiger partial charge in [-0.05, 0) is 46.9 Å². The molecule has 0 heterocycles. The maximum Gasteiger partial charge on any atom is 0.303 e. The Kier molecular flexibility index (Phi) is 5.14. The highest BCUT2D eigenvalue weighted by molar-refractivity contribution is 5.68. The highest BCUT2D eigenvalue weighted by Gasteiger charge is 2.10. The Bertz CT molecular complexity index is 821. The molecule has 1 unspecified atom stereocenters. The van der Waals surface area contributed by atoms with Gasteiger partial charge in [0.25, 0.3) is 0 Å². The molecule has 0 radical (unpaired) electrons. The van der Waals surface area contributed by atoms with Crippen LogP contribution in [0.3, 0.4) is 0 Å². The van der Waals surface area contributed by atoms with E-state index in [4.69, 9.17) is 9.84 Å². The maximum absolute atomic E-state index is 10.8. The molecule has 3 nitrogen and oxygen atoms in total. The number of ether oxygens (including phenoxy) is 1. The average molecular weight is 332 g/mol. The van der Waals surface area contributed by atoms with E-state index in [-0.39, 0.29) is 12.3 Å². The minimum atomic E-state index is -0.786. The van der Waals surface area contributed by atoms with Crippen LogP contribution in [0.4, 0.5) is 0 Å². The molecule has 0 aliphatic carbocycles. The summed E-state index contributed by atoms with van der Waals surface area (Å²) in [5.41, 5.74) is 3.31. The van der Waals surface area contributed by atoms with Crippen LogP contribution in [0, 0.1) is 0 Å². The zero-order chi connectivity index (χ0) is 17.6. The molecule has 1 atom stereocenters. The molecule has 3 aromatic rings. The highest BCUT2D eigenvalue weighted by atomic mass is 16.5. The summed E-state index contributed by atoms with van der Waals surface area (Å²) in [5.74, 6) is 0.702. The Hall–Kier alpha value is -3.07. The Morgan fingerprint density at radius 2 is 1.36 bits per heavy atom. The first kappa shape index (κ1) is 16.8. The molecule has 0 aliphatic heterocycles. The van der Waals surface area contributed by atoms with Gasteiger partial charge in [0.05, 0.1) is 6.42 Å². The molecule has 0 bridgehead atoms. The second kappa shape index (κ2) is 7.67. The van der Waals surface area contributed by atoms with Gasteiger partial charge in [0, 0.05) is 0 Å². The number of rotatable bonds is 6. The van der Waals surface area contributed by atoms with Crippen LogP contribution in [0.15, 0.2) is 78.9 Å². The molecule has 0 aliphatic rings. The first-order chi connectivity index (χ1) is 12.1. The zero-order valence-electron chi connectivity index (χ0n) is 14.1. The van der Waals surface area contributed by atoms with E-state index in [2.05, 4.69) is 12.1 Å². The number of aliphatic carboxylic acids is 1. The number of benzene rings is 3. The molecule has 3 rings (SSSR count). The summed E-state index contributed by atoms with van der Waals surface area (Å²) in [5, 5.41) is 8.87. The molecule has 0 spiro atoms. The van der Waals surface area contributed by atoms with Crippen molar-refractivity contribution in [3.8, 4) is 22.6 Å². The summed E-state index contributed by atoms with van der Waals surface area (Å²) < 4.78 is 5.87. The Labute approximate surface area is 147 Å². The van der Waals surface area contributed by atoms with E-state index < -0.39 is 5.97 Å².